The molecular weight excluding hydrogens is 348 g/mol. The molecule has 0 unspecified atom stereocenters. The standard InChI is InChI=1S/C17H15ClN2O3S/c1-19-17-20(2)16(21)15(24-17)9-11-5-7-13(23-11)10-4-6-14(22-3)12(18)8-10/h4-9H,1-3H3. The molecule has 0 aliphatic carbocycles. The van der Waals surface area contributed by atoms with E-state index in [0.29, 0.717) is 32.4 Å². The molecule has 2 heterocycles. The average molecular weight is 363 g/mol. The number of thioether (sulfide) groups is 1. The van der Waals surface area contributed by atoms with Gasteiger partial charge in [-0.2, -0.15) is 0 Å². The zero-order chi connectivity index (χ0) is 17.3. The van der Waals surface area contributed by atoms with Crippen LogP contribution >= 0.6 is 23.4 Å². The van der Waals surface area contributed by atoms with Gasteiger partial charge in [0, 0.05) is 25.7 Å². The Kier molecular flexibility index (Phi) is 4.69. The summed E-state index contributed by atoms with van der Waals surface area (Å²) in [6.07, 6.45) is 1.72. The van der Waals surface area contributed by atoms with Gasteiger partial charge in [0.25, 0.3) is 5.91 Å². The topological polar surface area (TPSA) is 55.0 Å². The number of rotatable bonds is 3. The predicted molar refractivity (Wildman–Crippen MR) is 97.4 cm³/mol. The lowest BCUT2D eigenvalue weighted by atomic mass is 10.2. The molecule has 0 atom stereocenters. The van der Waals surface area contributed by atoms with E-state index in [1.165, 1.54) is 16.7 Å². The molecule has 1 fully saturated rings. The Balaban J connectivity index is 1.88. The minimum Gasteiger partial charge on any atom is -0.495 e. The second kappa shape index (κ2) is 6.75. The molecule has 124 valence electrons. The molecule has 1 amide bonds. The number of hydrogen-bond acceptors (Lipinski definition) is 5. The number of hydrogen-bond donors (Lipinski definition) is 0. The highest BCUT2D eigenvalue weighted by atomic mass is 35.5. The summed E-state index contributed by atoms with van der Waals surface area (Å²) in [5, 5.41) is 1.18. The summed E-state index contributed by atoms with van der Waals surface area (Å²) < 4.78 is 11.0. The van der Waals surface area contributed by atoms with E-state index < -0.39 is 0 Å². The summed E-state index contributed by atoms with van der Waals surface area (Å²) >= 11 is 7.47. The lowest BCUT2D eigenvalue weighted by Crippen LogP contribution is -2.23. The lowest BCUT2D eigenvalue weighted by molar-refractivity contribution is -0.121. The Morgan fingerprint density at radius 1 is 1.33 bits per heavy atom. The number of nitrogens with zero attached hydrogens (tertiary/aromatic N) is 2. The first-order valence-electron chi connectivity index (χ1n) is 7.11. The number of carbonyl (C=O) groups excluding carboxylic acids is 1. The zero-order valence-electron chi connectivity index (χ0n) is 13.4. The van der Waals surface area contributed by atoms with Gasteiger partial charge in [0.15, 0.2) is 5.17 Å². The van der Waals surface area contributed by atoms with Crippen LogP contribution in [0.1, 0.15) is 5.76 Å². The number of carbonyl (C=O) groups is 1. The van der Waals surface area contributed by atoms with Crippen molar-refractivity contribution in [3.05, 3.63) is 46.0 Å². The number of ether oxygens (including phenoxy) is 1. The Morgan fingerprint density at radius 2 is 2.12 bits per heavy atom. The van der Waals surface area contributed by atoms with E-state index in [4.69, 9.17) is 20.8 Å². The van der Waals surface area contributed by atoms with Gasteiger partial charge < -0.3 is 9.15 Å². The van der Waals surface area contributed by atoms with Crippen molar-refractivity contribution >= 4 is 40.5 Å². The van der Waals surface area contributed by atoms with Gasteiger partial charge in [-0.1, -0.05) is 11.6 Å². The Morgan fingerprint density at radius 3 is 2.75 bits per heavy atom. The molecule has 0 radical (unpaired) electrons. The number of amides is 1. The van der Waals surface area contributed by atoms with Crippen molar-refractivity contribution < 1.29 is 13.9 Å². The zero-order valence-corrected chi connectivity index (χ0v) is 14.9. The highest BCUT2D eigenvalue weighted by Gasteiger charge is 2.30. The largest absolute Gasteiger partial charge is 0.495 e. The van der Waals surface area contributed by atoms with Crippen LogP contribution in [-0.2, 0) is 4.79 Å². The molecule has 0 bridgehead atoms. The molecule has 1 saturated heterocycles. The molecule has 5 nitrogen and oxygen atoms in total. The minimum atomic E-state index is -0.0916. The van der Waals surface area contributed by atoms with Gasteiger partial charge in [-0.25, -0.2) is 0 Å². The van der Waals surface area contributed by atoms with Crippen molar-refractivity contribution in [3.63, 3.8) is 0 Å². The summed E-state index contributed by atoms with van der Waals surface area (Å²) in [7, 11) is 4.93. The molecule has 1 aromatic heterocycles. The van der Waals surface area contributed by atoms with Crippen molar-refractivity contribution in [3.8, 4) is 17.1 Å². The number of benzene rings is 1. The van der Waals surface area contributed by atoms with Gasteiger partial charge in [0.1, 0.15) is 17.3 Å². The molecule has 0 spiro atoms. The van der Waals surface area contributed by atoms with E-state index in [1.54, 1.807) is 39.4 Å². The van der Waals surface area contributed by atoms with Crippen LogP contribution in [-0.4, -0.2) is 37.2 Å². The third-order valence-electron chi connectivity index (χ3n) is 3.53. The average Bonchev–Trinajstić information content (AvgIpc) is 3.15. The van der Waals surface area contributed by atoms with Crippen LogP contribution in [0, 0.1) is 0 Å². The van der Waals surface area contributed by atoms with Crippen LogP contribution in [0.4, 0.5) is 0 Å². The Labute approximate surface area is 148 Å². The summed E-state index contributed by atoms with van der Waals surface area (Å²) in [4.78, 5) is 18.3. The van der Waals surface area contributed by atoms with Crippen LogP contribution in [0.5, 0.6) is 5.75 Å². The van der Waals surface area contributed by atoms with Gasteiger partial charge in [-0.05, 0) is 42.1 Å². The van der Waals surface area contributed by atoms with Gasteiger partial charge in [-0.15, -0.1) is 0 Å². The predicted octanol–water partition coefficient (Wildman–Crippen LogP) is 4.14. The second-order valence-electron chi connectivity index (χ2n) is 5.03. The first kappa shape index (κ1) is 16.7. The first-order valence-corrected chi connectivity index (χ1v) is 8.31. The smallest absolute Gasteiger partial charge is 0.266 e. The molecule has 0 saturated carbocycles. The second-order valence-corrected chi connectivity index (χ2v) is 6.45. The molecule has 24 heavy (non-hydrogen) atoms. The molecule has 7 heteroatoms. The molecule has 0 N–H and O–H groups in total. The molecular formula is C17H15ClN2O3S. The van der Waals surface area contributed by atoms with Crippen molar-refractivity contribution in [1.29, 1.82) is 0 Å². The highest BCUT2D eigenvalue weighted by Crippen LogP contribution is 2.34. The maximum absolute atomic E-state index is 12.2. The van der Waals surface area contributed by atoms with Crippen molar-refractivity contribution in [1.82, 2.24) is 4.90 Å². The molecule has 1 aliphatic rings. The fraction of sp³-hybridized carbons (Fsp3) is 0.176. The summed E-state index contributed by atoms with van der Waals surface area (Å²) in [6, 6.07) is 9.09. The molecule has 1 aromatic carbocycles. The lowest BCUT2D eigenvalue weighted by Gasteiger charge is -2.05. The monoisotopic (exact) mass is 362 g/mol. The fourth-order valence-corrected chi connectivity index (χ4v) is 3.45. The van der Waals surface area contributed by atoms with Gasteiger partial charge >= 0.3 is 0 Å². The van der Waals surface area contributed by atoms with Gasteiger partial charge in [-0.3, -0.25) is 14.7 Å². The summed E-state index contributed by atoms with van der Waals surface area (Å²) in [6.45, 7) is 0. The van der Waals surface area contributed by atoms with E-state index in [0.717, 1.165) is 5.56 Å². The Bertz CT molecular complexity index is 857. The van der Waals surface area contributed by atoms with Crippen LogP contribution in [0.2, 0.25) is 5.02 Å². The van der Waals surface area contributed by atoms with E-state index in [-0.39, 0.29) is 5.91 Å². The number of halogens is 1. The quantitative estimate of drug-likeness (QED) is 0.770. The van der Waals surface area contributed by atoms with E-state index >= 15 is 0 Å². The van der Waals surface area contributed by atoms with Crippen molar-refractivity contribution in [2.45, 2.75) is 0 Å². The van der Waals surface area contributed by atoms with Crippen LogP contribution in [0.25, 0.3) is 17.4 Å². The van der Waals surface area contributed by atoms with Gasteiger partial charge in [0.2, 0.25) is 0 Å². The fourth-order valence-electron chi connectivity index (χ4n) is 2.28. The molecule has 3 rings (SSSR count). The molecule has 1 aliphatic heterocycles. The van der Waals surface area contributed by atoms with Gasteiger partial charge in [0.05, 0.1) is 17.0 Å². The third kappa shape index (κ3) is 3.07. The summed E-state index contributed by atoms with van der Waals surface area (Å²) in [5.74, 6) is 1.78. The van der Waals surface area contributed by atoms with E-state index in [2.05, 4.69) is 4.99 Å². The van der Waals surface area contributed by atoms with Crippen LogP contribution < -0.4 is 4.74 Å². The maximum Gasteiger partial charge on any atom is 0.266 e. The van der Waals surface area contributed by atoms with Crippen molar-refractivity contribution in [2.24, 2.45) is 4.99 Å². The number of aliphatic imine (C=N–C) groups is 1. The number of furan rings is 1. The Hall–Kier alpha value is -2.18. The van der Waals surface area contributed by atoms with Crippen molar-refractivity contribution in [2.75, 3.05) is 21.2 Å². The third-order valence-corrected chi connectivity index (χ3v) is 4.98. The minimum absolute atomic E-state index is 0.0916. The molecule has 2 aromatic rings. The highest BCUT2D eigenvalue weighted by molar-refractivity contribution is 8.18. The number of amidine groups is 1. The summed E-state index contributed by atoms with van der Waals surface area (Å²) in [5.41, 5.74) is 0.837. The maximum atomic E-state index is 12.2. The SMILES string of the molecule is CN=C1SC(=Cc2ccc(-c3ccc(OC)c(Cl)c3)o2)C(=O)N1C. The normalized spacial score (nSPS) is 18.0. The number of methoxy groups -OCH3 is 1. The van der Waals surface area contributed by atoms with Crippen LogP contribution in [0.3, 0.4) is 0 Å². The van der Waals surface area contributed by atoms with Crippen LogP contribution in [0.15, 0.2) is 44.6 Å². The first-order chi connectivity index (χ1) is 11.5. The number of likely N-dealkylation sites (N-methyl/N-ethyl adjacent to an activating group) is 1. The van der Waals surface area contributed by atoms with E-state index in [1.807, 2.05) is 18.2 Å². The van der Waals surface area contributed by atoms with E-state index in [9.17, 15) is 4.79 Å².